The number of hydrogen-bond donors (Lipinski definition) is 0. The number of benzene rings is 1. The molecule has 0 N–H and O–H groups in total. The monoisotopic (exact) mass is 343 g/mol. The Morgan fingerprint density at radius 2 is 2.04 bits per heavy atom. The molecule has 0 unspecified atom stereocenters. The average molecular weight is 343 g/mol. The lowest BCUT2D eigenvalue weighted by atomic mass is 10.2. The van der Waals surface area contributed by atoms with Crippen molar-refractivity contribution in [3.8, 4) is 5.69 Å². The van der Waals surface area contributed by atoms with Crippen molar-refractivity contribution in [1.82, 2.24) is 9.47 Å². The molecule has 3 aromatic rings. The van der Waals surface area contributed by atoms with Crippen molar-refractivity contribution in [2.45, 2.75) is 19.8 Å². The summed E-state index contributed by atoms with van der Waals surface area (Å²) in [4.78, 5) is 20.4. The first-order valence-electron chi connectivity index (χ1n) is 7.71. The van der Waals surface area contributed by atoms with Crippen LogP contribution in [0.1, 0.15) is 17.7 Å². The fraction of sp³-hybridized carbons (Fsp3) is 0.294. The molecule has 0 atom stereocenters. The summed E-state index contributed by atoms with van der Waals surface area (Å²) in [5.41, 5.74) is 1.05. The number of urea groups is 1. The minimum Gasteiger partial charge on any atom is -0.323 e. The van der Waals surface area contributed by atoms with Gasteiger partial charge in [-0.25, -0.2) is 4.79 Å². The van der Waals surface area contributed by atoms with Gasteiger partial charge in [-0.15, -0.1) is 22.7 Å². The minimum absolute atomic E-state index is 0.116. The van der Waals surface area contributed by atoms with E-state index in [0.29, 0.717) is 0 Å². The summed E-state index contributed by atoms with van der Waals surface area (Å²) in [5, 5.41) is 3.32. The molecule has 4 rings (SSSR count). The standard InChI is InChI=1S/C17H17N3OS2/c1-12-11-20(14-4-5-15-13(10-14)6-9-22-15)17(23-12)18-16(21)19-7-2-3-8-19/h4-6,9-11H,2-3,7-8H2,1H3. The molecule has 1 aromatic carbocycles. The second kappa shape index (κ2) is 5.94. The molecule has 1 aliphatic rings. The van der Waals surface area contributed by atoms with E-state index in [0.717, 1.165) is 41.3 Å². The topological polar surface area (TPSA) is 37.6 Å². The number of hydrogen-bond acceptors (Lipinski definition) is 3. The Hall–Kier alpha value is -1.92. The van der Waals surface area contributed by atoms with Crippen LogP contribution < -0.4 is 4.80 Å². The van der Waals surface area contributed by atoms with Crippen molar-refractivity contribution >= 4 is 38.8 Å². The van der Waals surface area contributed by atoms with Crippen LogP contribution in [-0.2, 0) is 0 Å². The molecular formula is C17H17N3OS2. The van der Waals surface area contributed by atoms with Crippen molar-refractivity contribution in [2.75, 3.05) is 13.1 Å². The molecule has 2 amide bonds. The van der Waals surface area contributed by atoms with Gasteiger partial charge in [-0.3, -0.25) is 4.57 Å². The molecular weight excluding hydrogens is 326 g/mol. The zero-order valence-electron chi connectivity index (χ0n) is 12.9. The molecule has 0 aliphatic carbocycles. The number of amides is 2. The summed E-state index contributed by atoms with van der Waals surface area (Å²) in [5.74, 6) is 0. The van der Waals surface area contributed by atoms with Gasteiger partial charge < -0.3 is 4.90 Å². The third kappa shape index (κ3) is 2.84. The van der Waals surface area contributed by atoms with Crippen LogP contribution in [0, 0.1) is 6.92 Å². The van der Waals surface area contributed by atoms with Gasteiger partial charge in [-0.1, -0.05) is 0 Å². The average Bonchev–Trinajstić information content (AvgIpc) is 3.26. The molecule has 6 heteroatoms. The van der Waals surface area contributed by atoms with E-state index in [2.05, 4.69) is 34.6 Å². The van der Waals surface area contributed by atoms with Gasteiger partial charge >= 0.3 is 6.03 Å². The largest absolute Gasteiger partial charge is 0.346 e. The fourth-order valence-electron chi connectivity index (χ4n) is 2.88. The van der Waals surface area contributed by atoms with Gasteiger partial charge in [-0.2, -0.15) is 4.99 Å². The lowest BCUT2D eigenvalue weighted by Crippen LogP contribution is -2.27. The summed E-state index contributed by atoms with van der Waals surface area (Å²) in [6.07, 6.45) is 4.22. The van der Waals surface area contributed by atoms with Crippen LogP contribution in [-0.4, -0.2) is 28.6 Å². The van der Waals surface area contributed by atoms with Crippen molar-refractivity contribution in [1.29, 1.82) is 0 Å². The Bertz CT molecular complexity index is 929. The van der Waals surface area contributed by atoms with E-state index in [1.807, 2.05) is 22.6 Å². The van der Waals surface area contributed by atoms with Crippen LogP contribution in [0.25, 0.3) is 15.8 Å². The molecule has 0 bridgehead atoms. The van der Waals surface area contributed by atoms with Crippen molar-refractivity contribution in [3.63, 3.8) is 0 Å². The zero-order chi connectivity index (χ0) is 15.8. The first-order valence-corrected chi connectivity index (χ1v) is 9.41. The minimum atomic E-state index is -0.116. The van der Waals surface area contributed by atoms with E-state index in [9.17, 15) is 4.79 Å². The van der Waals surface area contributed by atoms with Crippen LogP contribution in [0.2, 0.25) is 0 Å². The van der Waals surface area contributed by atoms with Crippen LogP contribution >= 0.6 is 22.7 Å². The Balaban J connectivity index is 1.78. The molecule has 3 heterocycles. The lowest BCUT2D eigenvalue weighted by molar-refractivity contribution is 0.218. The van der Waals surface area contributed by atoms with E-state index in [1.165, 1.54) is 10.1 Å². The molecule has 0 radical (unpaired) electrons. The summed E-state index contributed by atoms with van der Waals surface area (Å²) in [6, 6.07) is 8.37. The van der Waals surface area contributed by atoms with Crippen LogP contribution in [0.3, 0.4) is 0 Å². The third-order valence-electron chi connectivity index (χ3n) is 4.05. The Morgan fingerprint density at radius 1 is 1.22 bits per heavy atom. The summed E-state index contributed by atoms with van der Waals surface area (Å²) >= 11 is 3.29. The number of aromatic nitrogens is 1. The van der Waals surface area contributed by atoms with Gasteiger partial charge in [0.05, 0.1) is 0 Å². The molecule has 23 heavy (non-hydrogen) atoms. The summed E-state index contributed by atoms with van der Waals surface area (Å²) < 4.78 is 3.29. The highest BCUT2D eigenvalue weighted by Gasteiger charge is 2.17. The number of carbonyl (C=O) groups is 1. The van der Waals surface area contributed by atoms with E-state index in [1.54, 1.807) is 22.7 Å². The van der Waals surface area contributed by atoms with Crippen LogP contribution in [0.15, 0.2) is 40.8 Å². The molecule has 1 saturated heterocycles. The second-order valence-electron chi connectivity index (χ2n) is 5.73. The van der Waals surface area contributed by atoms with Gasteiger partial charge in [-0.05, 0) is 54.8 Å². The van der Waals surface area contributed by atoms with Gasteiger partial charge in [0.1, 0.15) is 0 Å². The van der Waals surface area contributed by atoms with Gasteiger partial charge in [0.2, 0.25) is 0 Å². The number of likely N-dealkylation sites (tertiary alicyclic amines) is 1. The van der Waals surface area contributed by atoms with E-state index in [4.69, 9.17) is 0 Å². The lowest BCUT2D eigenvalue weighted by Gasteiger charge is -2.10. The van der Waals surface area contributed by atoms with Crippen molar-refractivity contribution < 1.29 is 4.79 Å². The quantitative estimate of drug-likeness (QED) is 0.653. The van der Waals surface area contributed by atoms with Gasteiger partial charge in [0, 0.05) is 34.6 Å². The fourth-order valence-corrected chi connectivity index (χ4v) is 4.48. The number of aryl methyl sites for hydroxylation is 1. The number of thiazole rings is 1. The maximum atomic E-state index is 12.3. The first kappa shape index (κ1) is 14.7. The van der Waals surface area contributed by atoms with Gasteiger partial charge in [0.25, 0.3) is 0 Å². The summed E-state index contributed by atoms with van der Waals surface area (Å²) in [6.45, 7) is 3.70. The number of carbonyl (C=O) groups excluding carboxylic acids is 1. The van der Waals surface area contributed by atoms with Gasteiger partial charge in [0.15, 0.2) is 4.80 Å². The highest BCUT2D eigenvalue weighted by Crippen LogP contribution is 2.23. The normalized spacial score (nSPS) is 15.7. The number of nitrogens with zero attached hydrogens (tertiary/aromatic N) is 3. The predicted molar refractivity (Wildman–Crippen MR) is 95.5 cm³/mol. The summed E-state index contributed by atoms with van der Waals surface area (Å²) in [7, 11) is 0. The van der Waals surface area contributed by atoms with Crippen LogP contribution in [0.4, 0.5) is 4.79 Å². The number of thiophene rings is 1. The maximum absolute atomic E-state index is 12.3. The van der Waals surface area contributed by atoms with Crippen molar-refractivity contribution in [2.24, 2.45) is 4.99 Å². The van der Waals surface area contributed by atoms with E-state index >= 15 is 0 Å². The smallest absolute Gasteiger partial charge is 0.323 e. The third-order valence-corrected chi connectivity index (χ3v) is 5.85. The second-order valence-corrected chi connectivity index (χ2v) is 7.89. The maximum Gasteiger partial charge on any atom is 0.346 e. The molecule has 1 fully saturated rings. The molecule has 4 nitrogen and oxygen atoms in total. The number of fused-ring (bicyclic) bond motifs is 1. The molecule has 2 aromatic heterocycles. The van der Waals surface area contributed by atoms with E-state index in [-0.39, 0.29) is 6.03 Å². The SMILES string of the molecule is Cc1cn(-c2ccc3sccc3c2)c(=NC(=O)N2CCCC2)s1. The Morgan fingerprint density at radius 3 is 2.87 bits per heavy atom. The number of rotatable bonds is 1. The molecule has 0 saturated carbocycles. The highest BCUT2D eigenvalue weighted by molar-refractivity contribution is 7.17. The first-order chi connectivity index (χ1) is 11.2. The van der Waals surface area contributed by atoms with E-state index < -0.39 is 0 Å². The highest BCUT2D eigenvalue weighted by atomic mass is 32.1. The molecule has 1 aliphatic heterocycles. The van der Waals surface area contributed by atoms with Crippen molar-refractivity contribution in [3.05, 3.63) is 45.5 Å². The van der Waals surface area contributed by atoms with Crippen LogP contribution in [0.5, 0.6) is 0 Å². The molecule has 0 spiro atoms. The molecule has 118 valence electrons. The Labute approximate surface area is 142 Å². The Kier molecular flexibility index (Phi) is 3.79. The predicted octanol–water partition coefficient (Wildman–Crippen LogP) is 4.18. The zero-order valence-corrected chi connectivity index (χ0v) is 14.5.